The zero-order valence-corrected chi connectivity index (χ0v) is 15.8. The van der Waals surface area contributed by atoms with Gasteiger partial charge in [0.15, 0.2) is 0 Å². The van der Waals surface area contributed by atoms with Gasteiger partial charge in [0.25, 0.3) is 0 Å². The first-order valence-corrected chi connectivity index (χ1v) is 8.85. The largest absolute Gasteiger partial charge is 0.497 e. The van der Waals surface area contributed by atoms with Crippen LogP contribution in [0.25, 0.3) is 0 Å². The quantitative estimate of drug-likeness (QED) is 0.664. The van der Waals surface area contributed by atoms with E-state index in [4.69, 9.17) is 9.47 Å². The molecule has 0 saturated carbocycles. The lowest BCUT2D eigenvalue weighted by Crippen LogP contribution is -2.34. The number of carbonyl (C=O) groups excluding carboxylic acids is 1. The minimum Gasteiger partial charge on any atom is -0.497 e. The zero-order valence-electron chi connectivity index (χ0n) is 15.8. The summed E-state index contributed by atoms with van der Waals surface area (Å²) in [6.07, 6.45) is 1.14. The van der Waals surface area contributed by atoms with E-state index in [1.54, 1.807) is 7.11 Å². The molecule has 2 aromatic carbocycles. The van der Waals surface area contributed by atoms with Gasteiger partial charge < -0.3 is 19.7 Å². The number of para-hydroxylation sites is 1. The van der Waals surface area contributed by atoms with Crippen molar-refractivity contribution in [3.8, 4) is 11.5 Å². The fraction of sp³-hybridized carbons (Fsp3) is 0.381. The Morgan fingerprint density at radius 2 is 1.81 bits per heavy atom. The van der Waals surface area contributed by atoms with E-state index in [0.717, 1.165) is 17.1 Å². The molecule has 2 aromatic rings. The molecule has 5 nitrogen and oxygen atoms in total. The smallest absolute Gasteiger partial charge is 0.220 e. The maximum Gasteiger partial charge on any atom is 0.220 e. The number of ether oxygens (including phenoxy) is 2. The standard InChI is InChI=1S/C21H28N2O3/c1-23(2)20(17-9-7-12-19(15-17)25-3)16-22-21(24)13-8-14-26-18-10-5-4-6-11-18/h4-7,9-12,15,20H,8,13-14,16H2,1-3H3,(H,22,24). The molecule has 0 aliphatic rings. The molecule has 2 rings (SSSR count). The normalized spacial score (nSPS) is 11.8. The van der Waals surface area contributed by atoms with E-state index < -0.39 is 0 Å². The summed E-state index contributed by atoms with van der Waals surface area (Å²) >= 11 is 0. The van der Waals surface area contributed by atoms with Crippen LogP contribution < -0.4 is 14.8 Å². The number of carbonyl (C=O) groups is 1. The minimum atomic E-state index is 0.0383. The van der Waals surface area contributed by atoms with E-state index in [1.165, 1.54) is 0 Å². The molecule has 0 bridgehead atoms. The van der Waals surface area contributed by atoms with Gasteiger partial charge in [0.1, 0.15) is 11.5 Å². The topological polar surface area (TPSA) is 50.8 Å². The molecule has 26 heavy (non-hydrogen) atoms. The fourth-order valence-corrected chi connectivity index (χ4v) is 2.69. The third-order valence-corrected chi connectivity index (χ3v) is 4.15. The second kappa shape index (κ2) is 10.5. The number of nitrogens with zero attached hydrogens (tertiary/aromatic N) is 1. The van der Waals surface area contributed by atoms with Gasteiger partial charge >= 0.3 is 0 Å². The van der Waals surface area contributed by atoms with Crippen molar-refractivity contribution >= 4 is 5.91 Å². The summed E-state index contributed by atoms with van der Waals surface area (Å²) < 4.78 is 10.9. The summed E-state index contributed by atoms with van der Waals surface area (Å²) in [5, 5.41) is 3.02. The lowest BCUT2D eigenvalue weighted by molar-refractivity contribution is -0.121. The first kappa shape index (κ1) is 19.8. The number of hydrogen-bond acceptors (Lipinski definition) is 4. The molecule has 0 aromatic heterocycles. The highest BCUT2D eigenvalue weighted by Gasteiger charge is 2.15. The summed E-state index contributed by atoms with van der Waals surface area (Å²) in [7, 11) is 5.66. The Morgan fingerprint density at radius 3 is 2.50 bits per heavy atom. The highest BCUT2D eigenvalue weighted by Crippen LogP contribution is 2.22. The highest BCUT2D eigenvalue weighted by atomic mass is 16.5. The van der Waals surface area contributed by atoms with Gasteiger partial charge in [-0.15, -0.1) is 0 Å². The Morgan fingerprint density at radius 1 is 1.08 bits per heavy atom. The lowest BCUT2D eigenvalue weighted by Gasteiger charge is -2.25. The van der Waals surface area contributed by atoms with Crippen molar-refractivity contribution < 1.29 is 14.3 Å². The Labute approximate surface area is 155 Å². The Kier molecular flexibility index (Phi) is 7.96. The van der Waals surface area contributed by atoms with Gasteiger partial charge in [-0.25, -0.2) is 0 Å². The van der Waals surface area contributed by atoms with Crippen molar-refractivity contribution in [1.82, 2.24) is 10.2 Å². The molecule has 0 spiro atoms. The lowest BCUT2D eigenvalue weighted by atomic mass is 10.1. The van der Waals surface area contributed by atoms with Crippen molar-refractivity contribution in [1.29, 1.82) is 0 Å². The molecule has 0 aliphatic heterocycles. The van der Waals surface area contributed by atoms with Crippen LogP contribution in [0.2, 0.25) is 0 Å². The predicted octanol–water partition coefficient (Wildman–Crippen LogP) is 3.27. The van der Waals surface area contributed by atoms with E-state index in [9.17, 15) is 4.79 Å². The maximum absolute atomic E-state index is 12.1. The Bertz CT molecular complexity index is 674. The molecule has 0 heterocycles. The molecule has 5 heteroatoms. The van der Waals surface area contributed by atoms with Crippen LogP contribution in [-0.4, -0.2) is 45.2 Å². The first-order valence-electron chi connectivity index (χ1n) is 8.85. The SMILES string of the molecule is COc1cccc(C(CNC(=O)CCCOc2ccccc2)N(C)C)c1. The van der Waals surface area contributed by atoms with Gasteiger partial charge in [-0.1, -0.05) is 30.3 Å². The molecule has 0 saturated heterocycles. The number of rotatable bonds is 10. The third-order valence-electron chi connectivity index (χ3n) is 4.15. The fourth-order valence-electron chi connectivity index (χ4n) is 2.69. The van der Waals surface area contributed by atoms with E-state index in [2.05, 4.69) is 10.2 Å². The second-order valence-corrected chi connectivity index (χ2v) is 6.33. The van der Waals surface area contributed by atoms with Crippen LogP contribution in [0.1, 0.15) is 24.4 Å². The summed E-state index contributed by atoms with van der Waals surface area (Å²) in [6, 6.07) is 17.7. The molecular formula is C21H28N2O3. The Balaban J connectivity index is 1.76. The molecule has 0 aliphatic carbocycles. The summed E-state index contributed by atoms with van der Waals surface area (Å²) in [5.41, 5.74) is 1.11. The summed E-state index contributed by atoms with van der Waals surface area (Å²) in [4.78, 5) is 14.2. The van der Waals surface area contributed by atoms with Crippen LogP contribution in [0.15, 0.2) is 54.6 Å². The van der Waals surface area contributed by atoms with E-state index >= 15 is 0 Å². The first-order chi connectivity index (χ1) is 12.6. The van der Waals surface area contributed by atoms with Crippen LogP contribution in [0.5, 0.6) is 11.5 Å². The van der Waals surface area contributed by atoms with Crippen LogP contribution in [-0.2, 0) is 4.79 Å². The molecule has 140 valence electrons. The van der Waals surface area contributed by atoms with Crippen molar-refractivity contribution in [2.45, 2.75) is 18.9 Å². The number of likely N-dealkylation sites (N-methyl/N-ethyl adjacent to an activating group) is 1. The molecular weight excluding hydrogens is 328 g/mol. The molecule has 0 fully saturated rings. The van der Waals surface area contributed by atoms with Crippen molar-refractivity contribution in [2.75, 3.05) is 34.4 Å². The van der Waals surface area contributed by atoms with Crippen LogP contribution >= 0.6 is 0 Å². The predicted molar refractivity (Wildman–Crippen MR) is 104 cm³/mol. The van der Waals surface area contributed by atoms with Gasteiger partial charge in [-0.05, 0) is 50.3 Å². The number of benzene rings is 2. The van der Waals surface area contributed by atoms with E-state index in [-0.39, 0.29) is 11.9 Å². The van der Waals surface area contributed by atoms with Crippen LogP contribution in [0, 0.1) is 0 Å². The molecule has 1 atom stereocenters. The monoisotopic (exact) mass is 356 g/mol. The van der Waals surface area contributed by atoms with Gasteiger partial charge in [-0.2, -0.15) is 0 Å². The van der Waals surface area contributed by atoms with Crippen molar-refractivity contribution in [3.63, 3.8) is 0 Å². The van der Waals surface area contributed by atoms with Gasteiger partial charge in [0, 0.05) is 13.0 Å². The van der Waals surface area contributed by atoms with Gasteiger partial charge in [0.2, 0.25) is 5.91 Å². The average molecular weight is 356 g/mol. The van der Waals surface area contributed by atoms with Crippen molar-refractivity contribution in [2.24, 2.45) is 0 Å². The maximum atomic E-state index is 12.1. The summed E-state index contributed by atoms with van der Waals surface area (Å²) in [5.74, 6) is 1.69. The molecule has 1 N–H and O–H groups in total. The highest BCUT2D eigenvalue weighted by molar-refractivity contribution is 5.75. The number of methoxy groups -OCH3 is 1. The third kappa shape index (κ3) is 6.41. The van der Waals surface area contributed by atoms with E-state index in [1.807, 2.05) is 68.7 Å². The molecule has 0 radical (unpaired) electrons. The minimum absolute atomic E-state index is 0.0383. The van der Waals surface area contributed by atoms with Crippen molar-refractivity contribution in [3.05, 3.63) is 60.2 Å². The van der Waals surface area contributed by atoms with Crippen LogP contribution in [0.4, 0.5) is 0 Å². The van der Waals surface area contributed by atoms with Gasteiger partial charge in [-0.3, -0.25) is 4.79 Å². The Hall–Kier alpha value is -2.53. The average Bonchev–Trinajstić information content (AvgIpc) is 2.66. The number of amides is 1. The second-order valence-electron chi connectivity index (χ2n) is 6.33. The van der Waals surface area contributed by atoms with Gasteiger partial charge in [0.05, 0.1) is 19.8 Å². The van der Waals surface area contributed by atoms with Crippen LogP contribution in [0.3, 0.4) is 0 Å². The summed E-state index contributed by atoms with van der Waals surface area (Å²) in [6.45, 7) is 1.09. The molecule has 1 unspecified atom stereocenters. The number of nitrogens with one attached hydrogen (secondary N) is 1. The van der Waals surface area contributed by atoms with E-state index in [0.29, 0.717) is 26.0 Å². The molecule has 1 amide bonds. The zero-order chi connectivity index (χ0) is 18.8. The number of hydrogen-bond donors (Lipinski definition) is 1.